The van der Waals surface area contributed by atoms with Crippen molar-refractivity contribution in [2.24, 2.45) is 11.5 Å². The Balaban J connectivity index is 0. The average molecular weight is 132 g/mol. The van der Waals surface area contributed by atoms with E-state index < -0.39 is 0 Å². The highest BCUT2D eigenvalue weighted by Crippen LogP contribution is 1.63. The number of amides is 1. The summed E-state index contributed by atoms with van der Waals surface area (Å²) < 4.78 is 0. The minimum atomic E-state index is -0.245. The molecule has 0 rings (SSSR count). The molecule has 0 radical (unpaired) electrons. The molecule has 0 spiro atoms. The fourth-order valence-corrected chi connectivity index (χ4v) is 0. The number of primary amides is 1. The molecule has 56 valence electrons. The van der Waals surface area contributed by atoms with Crippen LogP contribution in [-0.2, 0) is 4.79 Å². The molecule has 3 heteroatoms. The summed E-state index contributed by atoms with van der Waals surface area (Å²) in [6.07, 6.45) is 1.54. The SMILES string of the molecule is CCC(N)=O.CCCN. The third-order valence-corrected chi connectivity index (χ3v) is 0.637. The van der Waals surface area contributed by atoms with Crippen molar-refractivity contribution in [1.29, 1.82) is 0 Å². The second-order valence-corrected chi connectivity index (χ2v) is 1.61. The van der Waals surface area contributed by atoms with Gasteiger partial charge in [-0.15, -0.1) is 0 Å². The number of carbonyl (C=O) groups is 1. The molecule has 0 aromatic heterocycles. The standard InChI is InChI=1S/C3H7NO.C3H9N/c1-2-3(4)5;1-2-3-4/h2H2,1H3,(H2,4,5);2-4H2,1H3. The van der Waals surface area contributed by atoms with E-state index in [9.17, 15) is 4.79 Å². The Morgan fingerprint density at radius 2 is 1.67 bits per heavy atom. The number of nitrogens with two attached hydrogens (primary N) is 2. The summed E-state index contributed by atoms with van der Waals surface area (Å²) in [4.78, 5) is 9.59. The summed E-state index contributed by atoms with van der Waals surface area (Å²) in [6.45, 7) is 4.60. The van der Waals surface area contributed by atoms with Crippen LogP contribution in [0.4, 0.5) is 0 Å². The maximum atomic E-state index is 9.59. The molecule has 1 amide bonds. The lowest BCUT2D eigenvalue weighted by Gasteiger charge is -1.73. The van der Waals surface area contributed by atoms with Crippen molar-refractivity contribution in [3.63, 3.8) is 0 Å². The van der Waals surface area contributed by atoms with Crippen LogP contribution in [0.25, 0.3) is 0 Å². The number of rotatable bonds is 2. The molecule has 0 unspecified atom stereocenters. The topological polar surface area (TPSA) is 69.1 Å². The van der Waals surface area contributed by atoms with E-state index in [0.717, 1.165) is 13.0 Å². The lowest BCUT2D eigenvalue weighted by atomic mass is 10.5. The van der Waals surface area contributed by atoms with Gasteiger partial charge in [-0.05, 0) is 13.0 Å². The summed E-state index contributed by atoms with van der Waals surface area (Å²) in [6, 6.07) is 0. The number of hydrogen-bond acceptors (Lipinski definition) is 2. The highest BCUT2D eigenvalue weighted by atomic mass is 16.1. The van der Waals surface area contributed by atoms with Crippen LogP contribution in [0.3, 0.4) is 0 Å². The minimum Gasteiger partial charge on any atom is -0.370 e. The molecule has 0 atom stereocenters. The van der Waals surface area contributed by atoms with Gasteiger partial charge in [0.15, 0.2) is 0 Å². The van der Waals surface area contributed by atoms with Crippen molar-refractivity contribution in [3.05, 3.63) is 0 Å². The van der Waals surface area contributed by atoms with Crippen molar-refractivity contribution in [1.82, 2.24) is 0 Å². The Morgan fingerprint density at radius 1 is 1.44 bits per heavy atom. The molecular formula is C6H16N2O. The lowest BCUT2D eigenvalue weighted by molar-refractivity contribution is -0.117. The van der Waals surface area contributed by atoms with Crippen LogP contribution >= 0.6 is 0 Å². The van der Waals surface area contributed by atoms with Crippen molar-refractivity contribution < 1.29 is 4.79 Å². The molecule has 0 aromatic rings. The molecule has 0 saturated heterocycles. The van der Waals surface area contributed by atoms with Gasteiger partial charge in [-0.25, -0.2) is 0 Å². The van der Waals surface area contributed by atoms with E-state index in [1.807, 2.05) is 0 Å². The Labute approximate surface area is 56.4 Å². The summed E-state index contributed by atoms with van der Waals surface area (Å²) in [5, 5.41) is 0. The molecule has 0 aliphatic heterocycles. The predicted octanol–water partition coefficient (Wildman–Crippen LogP) is 0.237. The van der Waals surface area contributed by atoms with Gasteiger partial charge in [0.05, 0.1) is 0 Å². The fraction of sp³-hybridized carbons (Fsp3) is 0.833. The van der Waals surface area contributed by atoms with Gasteiger partial charge in [0.1, 0.15) is 0 Å². The Bertz CT molecular complexity index is 62.1. The summed E-state index contributed by atoms with van der Waals surface area (Å²) >= 11 is 0. The Hall–Kier alpha value is -0.570. The molecule has 0 bridgehead atoms. The van der Waals surface area contributed by atoms with E-state index in [1.54, 1.807) is 6.92 Å². The van der Waals surface area contributed by atoms with E-state index in [0.29, 0.717) is 6.42 Å². The van der Waals surface area contributed by atoms with Crippen molar-refractivity contribution >= 4 is 5.91 Å². The molecule has 0 fully saturated rings. The third-order valence-electron chi connectivity index (χ3n) is 0.637. The van der Waals surface area contributed by atoms with Gasteiger partial charge in [-0.1, -0.05) is 13.8 Å². The van der Waals surface area contributed by atoms with Gasteiger partial charge in [0.2, 0.25) is 5.91 Å². The average Bonchev–Trinajstić information content (AvgIpc) is 1.89. The van der Waals surface area contributed by atoms with Gasteiger partial charge in [0.25, 0.3) is 0 Å². The zero-order valence-corrected chi connectivity index (χ0v) is 6.18. The van der Waals surface area contributed by atoms with Gasteiger partial charge in [0, 0.05) is 6.42 Å². The van der Waals surface area contributed by atoms with Crippen LogP contribution in [0.15, 0.2) is 0 Å². The van der Waals surface area contributed by atoms with E-state index in [-0.39, 0.29) is 5.91 Å². The zero-order chi connectivity index (χ0) is 7.70. The van der Waals surface area contributed by atoms with Crippen LogP contribution < -0.4 is 11.5 Å². The molecule has 0 heterocycles. The van der Waals surface area contributed by atoms with Crippen LogP contribution in [0.2, 0.25) is 0 Å². The molecule has 9 heavy (non-hydrogen) atoms. The first-order valence-corrected chi connectivity index (χ1v) is 3.17. The van der Waals surface area contributed by atoms with Gasteiger partial charge >= 0.3 is 0 Å². The third kappa shape index (κ3) is 37.1. The quantitative estimate of drug-likeness (QED) is 0.565. The maximum absolute atomic E-state index is 9.59. The van der Waals surface area contributed by atoms with E-state index in [1.165, 1.54) is 0 Å². The molecule has 0 aliphatic carbocycles. The summed E-state index contributed by atoms with van der Waals surface area (Å²) in [7, 11) is 0. The second-order valence-electron chi connectivity index (χ2n) is 1.61. The van der Waals surface area contributed by atoms with Crippen molar-refractivity contribution in [2.45, 2.75) is 26.7 Å². The molecule has 3 nitrogen and oxygen atoms in total. The van der Waals surface area contributed by atoms with Crippen LogP contribution in [0.1, 0.15) is 26.7 Å². The predicted molar refractivity (Wildman–Crippen MR) is 38.8 cm³/mol. The van der Waals surface area contributed by atoms with Crippen molar-refractivity contribution in [2.75, 3.05) is 6.54 Å². The van der Waals surface area contributed by atoms with Gasteiger partial charge in [-0.2, -0.15) is 0 Å². The molecule has 4 N–H and O–H groups in total. The van der Waals surface area contributed by atoms with Crippen LogP contribution in [0.5, 0.6) is 0 Å². The first kappa shape index (κ1) is 11.3. The molecule has 0 saturated carbocycles. The lowest BCUT2D eigenvalue weighted by Crippen LogP contribution is -2.06. The second kappa shape index (κ2) is 10.4. The summed E-state index contributed by atoms with van der Waals surface area (Å²) in [5.41, 5.74) is 9.68. The fourth-order valence-electron chi connectivity index (χ4n) is 0. The Morgan fingerprint density at radius 3 is 1.67 bits per heavy atom. The van der Waals surface area contributed by atoms with Crippen molar-refractivity contribution in [3.8, 4) is 0 Å². The first-order chi connectivity index (χ1) is 4.18. The largest absolute Gasteiger partial charge is 0.370 e. The van der Waals surface area contributed by atoms with E-state index in [2.05, 4.69) is 12.7 Å². The van der Waals surface area contributed by atoms with Gasteiger partial charge < -0.3 is 11.5 Å². The molecule has 0 aromatic carbocycles. The normalized spacial score (nSPS) is 7.44. The highest BCUT2D eigenvalue weighted by Gasteiger charge is 1.77. The van der Waals surface area contributed by atoms with Crippen LogP contribution in [0, 0.1) is 0 Å². The van der Waals surface area contributed by atoms with Gasteiger partial charge in [-0.3, -0.25) is 4.79 Å². The number of carbonyl (C=O) groups excluding carboxylic acids is 1. The zero-order valence-electron chi connectivity index (χ0n) is 6.18. The molecular weight excluding hydrogens is 116 g/mol. The van der Waals surface area contributed by atoms with E-state index in [4.69, 9.17) is 5.73 Å². The Kier molecular flexibility index (Phi) is 13.0. The monoisotopic (exact) mass is 132 g/mol. The molecule has 0 aliphatic rings. The first-order valence-electron chi connectivity index (χ1n) is 3.17. The van der Waals surface area contributed by atoms with Crippen LogP contribution in [-0.4, -0.2) is 12.5 Å². The summed E-state index contributed by atoms with van der Waals surface area (Å²) in [5.74, 6) is -0.245. The highest BCUT2D eigenvalue weighted by molar-refractivity contribution is 5.73. The smallest absolute Gasteiger partial charge is 0.217 e. The maximum Gasteiger partial charge on any atom is 0.217 e. The minimum absolute atomic E-state index is 0.245. The van der Waals surface area contributed by atoms with E-state index >= 15 is 0 Å². The number of hydrogen-bond donors (Lipinski definition) is 2.